The van der Waals surface area contributed by atoms with Gasteiger partial charge in [-0.25, -0.2) is 0 Å². The van der Waals surface area contributed by atoms with E-state index in [1.807, 2.05) is 49.4 Å². The lowest BCUT2D eigenvalue weighted by atomic mass is 9.94. The van der Waals surface area contributed by atoms with Crippen molar-refractivity contribution in [1.29, 1.82) is 0 Å². The summed E-state index contributed by atoms with van der Waals surface area (Å²) in [5.74, 6) is -1.48. The van der Waals surface area contributed by atoms with Crippen molar-refractivity contribution in [3.63, 3.8) is 0 Å². The number of benzene rings is 2. The van der Waals surface area contributed by atoms with Crippen LogP contribution in [-0.2, 0) is 16.0 Å². The molecule has 3 rings (SSSR count). The molecule has 1 fully saturated rings. The maximum absolute atomic E-state index is 12.2. The van der Waals surface area contributed by atoms with Gasteiger partial charge in [0.15, 0.2) is 0 Å². The second-order valence-electron chi connectivity index (χ2n) is 6.72. The smallest absolute Gasteiger partial charge is 0.308 e. The first-order valence-corrected chi connectivity index (χ1v) is 8.53. The first kappa shape index (κ1) is 16.5. The SMILES string of the molecule is CCC1(C(=O)NCC(Cc2cccc3ccccc23)C(=O)O)CC1. The molecule has 1 atom stereocenters. The molecule has 4 heteroatoms. The molecule has 0 bridgehead atoms. The lowest BCUT2D eigenvalue weighted by Crippen LogP contribution is -2.38. The Balaban J connectivity index is 1.72. The topological polar surface area (TPSA) is 66.4 Å². The molecule has 0 aromatic heterocycles. The molecule has 0 radical (unpaired) electrons. The monoisotopic (exact) mass is 325 g/mol. The van der Waals surface area contributed by atoms with Gasteiger partial charge in [0.2, 0.25) is 5.91 Å². The van der Waals surface area contributed by atoms with Crippen LogP contribution in [0.2, 0.25) is 0 Å². The van der Waals surface area contributed by atoms with Crippen molar-refractivity contribution in [2.75, 3.05) is 6.54 Å². The normalized spacial score (nSPS) is 16.5. The largest absolute Gasteiger partial charge is 0.481 e. The number of carboxylic acids is 1. The summed E-state index contributed by atoms with van der Waals surface area (Å²) >= 11 is 0. The van der Waals surface area contributed by atoms with E-state index < -0.39 is 11.9 Å². The van der Waals surface area contributed by atoms with Crippen LogP contribution in [0, 0.1) is 11.3 Å². The Kier molecular flexibility index (Phi) is 4.56. The predicted octanol–water partition coefficient (Wildman–Crippen LogP) is 3.39. The molecular weight excluding hydrogens is 302 g/mol. The summed E-state index contributed by atoms with van der Waals surface area (Å²) in [5, 5.41) is 14.6. The quantitative estimate of drug-likeness (QED) is 0.820. The van der Waals surface area contributed by atoms with Crippen molar-refractivity contribution in [3.05, 3.63) is 48.0 Å². The van der Waals surface area contributed by atoms with E-state index in [-0.39, 0.29) is 17.9 Å². The van der Waals surface area contributed by atoms with Gasteiger partial charge in [-0.3, -0.25) is 9.59 Å². The maximum atomic E-state index is 12.2. The minimum atomic E-state index is -0.871. The van der Waals surface area contributed by atoms with Crippen LogP contribution < -0.4 is 5.32 Å². The minimum Gasteiger partial charge on any atom is -0.481 e. The van der Waals surface area contributed by atoms with Crippen molar-refractivity contribution in [3.8, 4) is 0 Å². The average molecular weight is 325 g/mol. The number of hydrogen-bond donors (Lipinski definition) is 2. The summed E-state index contributed by atoms with van der Waals surface area (Å²) in [5.41, 5.74) is 0.772. The molecule has 1 aliphatic carbocycles. The highest BCUT2D eigenvalue weighted by molar-refractivity contribution is 5.87. The van der Waals surface area contributed by atoms with Gasteiger partial charge in [-0.15, -0.1) is 0 Å². The molecule has 1 saturated carbocycles. The van der Waals surface area contributed by atoms with E-state index >= 15 is 0 Å². The van der Waals surface area contributed by atoms with Crippen LogP contribution >= 0.6 is 0 Å². The van der Waals surface area contributed by atoms with Gasteiger partial charge in [-0.2, -0.15) is 0 Å². The maximum Gasteiger partial charge on any atom is 0.308 e. The molecule has 0 saturated heterocycles. The molecule has 2 N–H and O–H groups in total. The molecule has 0 heterocycles. The molecular formula is C20H23NO3. The Morgan fingerprint density at radius 1 is 1.17 bits per heavy atom. The number of carbonyl (C=O) groups excluding carboxylic acids is 1. The van der Waals surface area contributed by atoms with Crippen molar-refractivity contribution >= 4 is 22.6 Å². The number of aliphatic carboxylic acids is 1. The highest BCUT2D eigenvalue weighted by Crippen LogP contribution is 2.48. The third-order valence-electron chi connectivity index (χ3n) is 5.22. The van der Waals surface area contributed by atoms with Crippen molar-refractivity contribution in [2.24, 2.45) is 11.3 Å². The van der Waals surface area contributed by atoms with Gasteiger partial charge in [-0.05, 0) is 42.0 Å². The standard InChI is InChI=1S/C20H23NO3/c1-2-20(10-11-20)19(24)21-13-16(18(22)23)12-15-8-5-7-14-6-3-4-9-17(14)15/h3-9,16H,2,10-13H2,1H3,(H,21,24)(H,22,23). The van der Waals surface area contributed by atoms with Gasteiger partial charge >= 0.3 is 5.97 Å². The zero-order valence-corrected chi connectivity index (χ0v) is 13.9. The van der Waals surface area contributed by atoms with Gasteiger partial charge < -0.3 is 10.4 Å². The molecule has 2 aromatic carbocycles. The average Bonchev–Trinajstić information content (AvgIpc) is 3.39. The number of fused-ring (bicyclic) bond motifs is 1. The summed E-state index contributed by atoms with van der Waals surface area (Å²) in [6.45, 7) is 2.19. The molecule has 1 unspecified atom stereocenters. The summed E-state index contributed by atoms with van der Waals surface area (Å²) in [6, 6.07) is 13.9. The van der Waals surface area contributed by atoms with Crippen molar-refractivity contribution < 1.29 is 14.7 Å². The van der Waals surface area contributed by atoms with Gasteiger partial charge in [0.05, 0.1) is 5.92 Å². The molecule has 0 spiro atoms. The van der Waals surface area contributed by atoms with Crippen LogP contribution in [0.1, 0.15) is 31.7 Å². The Labute approximate surface area is 141 Å². The second kappa shape index (κ2) is 6.63. The lowest BCUT2D eigenvalue weighted by molar-refractivity contribution is -0.141. The molecule has 126 valence electrons. The van der Waals surface area contributed by atoms with E-state index in [4.69, 9.17) is 0 Å². The first-order chi connectivity index (χ1) is 11.6. The van der Waals surface area contributed by atoms with Crippen LogP contribution in [0.25, 0.3) is 10.8 Å². The fraction of sp³-hybridized carbons (Fsp3) is 0.400. The van der Waals surface area contributed by atoms with Crippen molar-refractivity contribution in [2.45, 2.75) is 32.6 Å². The Morgan fingerprint density at radius 3 is 2.54 bits per heavy atom. The zero-order chi connectivity index (χ0) is 17.2. The first-order valence-electron chi connectivity index (χ1n) is 8.53. The summed E-state index contributed by atoms with van der Waals surface area (Å²) in [4.78, 5) is 23.9. The van der Waals surface area contributed by atoms with E-state index in [1.54, 1.807) is 0 Å². The van der Waals surface area contributed by atoms with E-state index in [2.05, 4.69) is 5.32 Å². The number of carboxylic acid groups (broad SMARTS) is 1. The van der Waals surface area contributed by atoms with Crippen LogP contribution in [0.4, 0.5) is 0 Å². The van der Waals surface area contributed by atoms with E-state index in [9.17, 15) is 14.7 Å². The number of amides is 1. The van der Waals surface area contributed by atoms with Gasteiger partial charge in [0, 0.05) is 12.0 Å². The predicted molar refractivity (Wildman–Crippen MR) is 93.7 cm³/mol. The number of rotatable bonds is 7. The van der Waals surface area contributed by atoms with E-state index in [0.29, 0.717) is 6.42 Å². The third kappa shape index (κ3) is 3.28. The fourth-order valence-corrected chi connectivity index (χ4v) is 3.28. The van der Waals surface area contributed by atoms with Crippen LogP contribution in [0.5, 0.6) is 0 Å². The molecule has 0 aliphatic heterocycles. The van der Waals surface area contributed by atoms with Crippen molar-refractivity contribution in [1.82, 2.24) is 5.32 Å². The van der Waals surface area contributed by atoms with Gasteiger partial charge in [-0.1, -0.05) is 49.4 Å². The highest BCUT2D eigenvalue weighted by atomic mass is 16.4. The molecule has 24 heavy (non-hydrogen) atoms. The van der Waals surface area contributed by atoms with Gasteiger partial charge in [0.1, 0.15) is 0 Å². The minimum absolute atomic E-state index is 0.00849. The summed E-state index contributed by atoms with van der Waals surface area (Å²) in [6.07, 6.45) is 3.06. The Hall–Kier alpha value is -2.36. The van der Waals surface area contributed by atoms with Gasteiger partial charge in [0.25, 0.3) is 0 Å². The number of carbonyl (C=O) groups is 2. The van der Waals surface area contributed by atoms with Crippen LogP contribution in [0.3, 0.4) is 0 Å². The van der Waals surface area contributed by atoms with E-state index in [0.717, 1.165) is 35.6 Å². The van der Waals surface area contributed by atoms with Crippen LogP contribution in [-0.4, -0.2) is 23.5 Å². The van der Waals surface area contributed by atoms with Crippen LogP contribution in [0.15, 0.2) is 42.5 Å². The lowest BCUT2D eigenvalue weighted by Gasteiger charge is -2.18. The molecule has 2 aromatic rings. The fourth-order valence-electron chi connectivity index (χ4n) is 3.28. The molecule has 1 amide bonds. The number of hydrogen-bond acceptors (Lipinski definition) is 2. The molecule has 1 aliphatic rings. The third-order valence-corrected chi connectivity index (χ3v) is 5.22. The molecule has 4 nitrogen and oxygen atoms in total. The second-order valence-corrected chi connectivity index (χ2v) is 6.72. The number of nitrogens with one attached hydrogen (secondary N) is 1. The zero-order valence-electron chi connectivity index (χ0n) is 13.9. The Bertz CT molecular complexity index is 759. The summed E-state index contributed by atoms with van der Waals surface area (Å²) in [7, 11) is 0. The Morgan fingerprint density at radius 2 is 1.88 bits per heavy atom. The van der Waals surface area contributed by atoms with E-state index in [1.165, 1.54) is 0 Å². The highest BCUT2D eigenvalue weighted by Gasteiger charge is 2.47. The summed E-state index contributed by atoms with van der Waals surface area (Å²) < 4.78 is 0.